The average molecular weight is 252 g/mol. The molecular formula is C15H17AlN2. The van der Waals surface area contributed by atoms with Crippen LogP contribution in [0, 0.1) is 0 Å². The van der Waals surface area contributed by atoms with E-state index in [2.05, 4.69) is 57.7 Å². The molecule has 3 heteroatoms. The maximum Gasteiger partial charge on any atom is 0.407 e. The summed E-state index contributed by atoms with van der Waals surface area (Å²) in [4.78, 5) is 4.61. The third-order valence-electron chi connectivity index (χ3n) is 3.59. The fourth-order valence-corrected chi connectivity index (χ4v) is 4.65. The van der Waals surface area contributed by atoms with Crippen LogP contribution in [0.5, 0.6) is 0 Å². The number of benzene rings is 1. The number of rotatable bonds is 1. The Kier molecular flexibility index (Phi) is 2.89. The van der Waals surface area contributed by atoms with Crippen LogP contribution in [0.15, 0.2) is 36.5 Å². The van der Waals surface area contributed by atoms with E-state index in [0.29, 0.717) is 6.04 Å². The second-order valence-electron chi connectivity index (χ2n) is 5.18. The minimum absolute atomic E-state index is 0.483. The van der Waals surface area contributed by atoms with E-state index < -0.39 is 14.4 Å². The Hall–Kier alpha value is -1.30. The highest BCUT2D eigenvalue weighted by Gasteiger charge is 2.26. The molecule has 0 N–H and O–H groups in total. The number of aromatic nitrogens is 1. The van der Waals surface area contributed by atoms with Gasteiger partial charge in [0.1, 0.15) is 0 Å². The van der Waals surface area contributed by atoms with Crippen LogP contribution in [0.4, 0.5) is 5.69 Å². The lowest BCUT2D eigenvalue weighted by atomic mass is 10.0. The molecule has 0 aliphatic carbocycles. The molecule has 0 radical (unpaired) electrons. The van der Waals surface area contributed by atoms with E-state index in [9.17, 15) is 0 Å². The van der Waals surface area contributed by atoms with Crippen molar-refractivity contribution in [1.82, 2.24) is 4.98 Å². The molecule has 1 aromatic heterocycles. The van der Waals surface area contributed by atoms with Crippen molar-refractivity contribution in [2.24, 2.45) is 0 Å². The summed E-state index contributed by atoms with van der Waals surface area (Å²) in [5, 5.41) is 1.23. The van der Waals surface area contributed by atoms with Crippen LogP contribution >= 0.6 is 0 Å². The van der Waals surface area contributed by atoms with Crippen molar-refractivity contribution in [2.75, 3.05) is 3.88 Å². The molecule has 1 aliphatic rings. The van der Waals surface area contributed by atoms with Crippen LogP contribution in [0.1, 0.15) is 12.5 Å². The molecule has 2 aromatic rings. The molecule has 18 heavy (non-hydrogen) atoms. The fourth-order valence-electron chi connectivity index (χ4n) is 2.82. The van der Waals surface area contributed by atoms with Crippen molar-refractivity contribution >= 4 is 37.0 Å². The average Bonchev–Trinajstić information content (AvgIpc) is 2.38. The van der Waals surface area contributed by atoms with Gasteiger partial charge in [-0.15, -0.1) is 0 Å². The zero-order valence-corrected chi connectivity index (χ0v) is 12.2. The zero-order valence-electron chi connectivity index (χ0n) is 11.1. The normalized spacial score (nSPS) is 17.9. The largest absolute Gasteiger partial charge is 0.455 e. The van der Waals surface area contributed by atoms with Gasteiger partial charge in [0, 0.05) is 23.3 Å². The number of hydrogen-bond donors (Lipinski definition) is 0. The van der Waals surface area contributed by atoms with Crippen molar-refractivity contribution in [3.8, 4) is 0 Å². The van der Waals surface area contributed by atoms with Crippen LogP contribution in [0.25, 0.3) is 17.0 Å². The highest BCUT2D eigenvalue weighted by Crippen LogP contribution is 2.35. The first kappa shape index (κ1) is 11.8. The lowest BCUT2D eigenvalue weighted by Gasteiger charge is -2.37. The van der Waals surface area contributed by atoms with Crippen LogP contribution in [-0.4, -0.2) is 25.4 Å². The van der Waals surface area contributed by atoms with Crippen LogP contribution in [0.2, 0.25) is 11.6 Å². The van der Waals surface area contributed by atoms with E-state index in [0.717, 1.165) is 5.52 Å². The van der Waals surface area contributed by atoms with E-state index in [1.54, 1.807) is 0 Å². The summed E-state index contributed by atoms with van der Waals surface area (Å²) < 4.78 is 2.59. The number of anilines is 1. The summed E-state index contributed by atoms with van der Waals surface area (Å²) in [7, 11) is 0. The van der Waals surface area contributed by atoms with E-state index in [1.807, 2.05) is 12.3 Å². The predicted octanol–water partition coefficient (Wildman–Crippen LogP) is 3.71. The Morgan fingerprint density at radius 2 is 2.06 bits per heavy atom. The molecule has 1 atom stereocenters. The summed E-state index contributed by atoms with van der Waals surface area (Å²) in [5.41, 5.74) is 3.79. The smallest absolute Gasteiger partial charge is 0.407 e. The number of nitrogens with zero attached hydrogens (tertiary/aromatic N) is 2. The van der Waals surface area contributed by atoms with Gasteiger partial charge in [-0.05, 0) is 18.6 Å². The third kappa shape index (κ3) is 1.75. The van der Waals surface area contributed by atoms with Crippen molar-refractivity contribution in [1.29, 1.82) is 0 Å². The first-order valence-corrected chi connectivity index (χ1v) is 9.35. The molecule has 0 fully saturated rings. The van der Waals surface area contributed by atoms with E-state index in [4.69, 9.17) is 0 Å². The highest BCUT2D eigenvalue weighted by molar-refractivity contribution is 6.61. The number of hydrogen-bond acceptors (Lipinski definition) is 2. The zero-order chi connectivity index (χ0) is 12.7. The minimum Gasteiger partial charge on any atom is -0.455 e. The quantitative estimate of drug-likeness (QED) is 0.719. The summed E-state index contributed by atoms with van der Waals surface area (Å²) >= 11 is -0.912. The molecule has 0 saturated carbocycles. The van der Waals surface area contributed by atoms with Crippen molar-refractivity contribution < 1.29 is 0 Å². The molecule has 0 bridgehead atoms. The highest BCUT2D eigenvalue weighted by atomic mass is 27.2. The van der Waals surface area contributed by atoms with Crippen molar-refractivity contribution in [2.45, 2.75) is 24.5 Å². The van der Waals surface area contributed by atoms with Gasteiger partial charge in [0.25, 0.3) is 0 Å². The molecular weight excluding hydrogens is 235 g/mol. The standard InChI is InChI=1S/C13H11N2.2CH3.Al/c1-9-4-5-11-7-6-10-3-2-8-14-12(10)13(11)15-9;;;/h2-9H,1H3;2*1H3;/q-1;;;+1. The number of pyridine rings is 1. The summed E-state index contributed by atoms with van der Waals surface area (Å²) in [6.45, 7) is 2.27. The predicted molar refractivity (Wildman–Crippen MR) is 80.2 cm³/mol. The van der Waals surface area contributed by atoms with E-state index in [1.165, 1.54) is 16.6 Å². The Labute approximate surface area is 113 Å². The van der Waals surface area contributed by atoms with Gasteiger partial charge in [-0.2, -0.15) is 0 Å². The molecule has 0 saturated heterocycles. The van der Waals surface area contributed by atoms with Gasteiger partial charge in [0.15, 0.2) is 0 Å². The minimum atomic E-state index is -0.912. The Balaban J connectivity index is 2.33. The summed E-state index contributed by atoms with van der Waals surface area (Å²) in [6, 6.07) is 9.02. The first-order valence-electron chi connectivity index (χ1n) is 6.53. The van der Waals surface area contributed by atoms with Gasteiger partial charge in [0.2, 0.25) is 0 Å². The Morgan fingerprint density at radius 1 is 1.22 bits per heavy atom. The van der Waals surface area contributed by atoms with Crippen molar-refractivity contribution in [3.63, 3.8) is 0 Å². The summed E-state index contributed by atoms with van der Waals surface area (Å²) in [5.74, 6) is 4.75. The van der Waals surface area contributed by atoms with Crippen LogP contribution in [0.3, 0.4) is 0 Å². The third-order valence-corrected chi connectivity index (χ3v) is 5.43. The molecule has 1 aromatic carbocycles. The van der Waals surface area contributed by atoms with Gasteiger partial charge < -0.3 is 3.88 Å². The van der Waals surface area contributed by atoms with E-state index in [-0.39, 0.29) is 0 Å². The fraction of sp³-hybridized carbons (Fsp3) is 0.267. The molecule has 90 valence electrons. The Bertz CT molecular complexity index is 619. The molecule has 1 unspecified atom stereocenters. The van der Waals surface area contributed by atoms with Gasteiger partial charge >= 0.3 is 14.4 Å². The molecule has 2 heterocycles. The molecule has 3 rings (SSSR count). The second-order valence-corrected chi connectivity index (χ2v) is 7.92. The van der Waals surface area contributed by atoms with Gasteiger partial charge in [-0.3, -0.25) is 4.98 Å². The van der Waals surface area contributed by atoms with E-state index >= 15 is 0 Å². The van der Waals surface area contributed by atoms with Gasteiger partial charge in [-0.25, -0.2) is 0 Å². The Morgan fingerprint density at radius 3 is 2.83 bits per heavy atom. The van der Waals surface area contributed by atoms with Gasteiger partial charge in [0.05, 0.1) is 5.52 Å². The summed E-state index contributed by atoms with van der Waals surface area (Å²) in [6.07, 6.45) is 6.43. The number of fused-ring (bicyclic) bond motifs is 3. The van der Waals surface area contributed by atoms with Crippen LogP contribution in [-0.2, 0) is 0 Å². The molecule has 0 spiro atoms. The lowest BCUT2D eigenvalue weighted by molar-refractivity contribution is 0.894. The van der Waals surface area contributed by atoms with Crippen molar-refractivity contribution in [3.05, 3.63) is 42.1 Å². The second kappa shape index (κ2) is 4.42. The lowest BCUT2D eigenvalue weighted by Crippen LogP contribution is -2.42. The first-order chi connectivity index (χ1) is 8.68. The molecule has 0 amide bonds. The molecule has 2 nitrogen and oxygen atoms in total. The monoisotopic (exact) mass is 252 g/mol. The van der Waals surface area contributed by atoms with Crippen LogP contribution < -0.4 is 3.88 Å². The van der Waals surface area contributed by atoms with Gasteiger partial charge in [-0.1, -0.05) is 41.9 Å². The maximum atomic E-state index is 4.61. The molecule has 1 aliphatic heterocycles. The topological polar surface area (TPSA) is 16.1 Å². The SMILES string of the molecule is CC1C=Cc2ccc3cccnc3c2[N]1[Al]([CH3])[CH3]. The maximum absolute atomic E-state index is 4.61.